The van der Waals surface area contributed by atoms with E-state index in [0.717, 1.165) is 37.6 Å². The quantitative estimate of drug-likeness (QED) is 0.805. The second-order valence-corrected chi connectivity index (χ2v) is 7.51. The van der Waals surface area contributed by atoms with E-state index in [4.69, 9.17) is 14.5 Å². The van der Waals surface area contributed by atoms with Gasteiger partial charge in [0, 0.05) is 26.2 Å². The first-order valence-corrected chi connectivity index (χ1v) is 9.28. The first-order valence-electron chi connectivity index (χ1n) is 8.46. The van der Waals surface area contributed by atoms with Crippen molar-refractivity contribution in [3.05, 3.63) is 17.1 Å². The average Bonchev–Trinajstić information content (AvgIpc) is 2.93. The Kier molecular flexibility index (Phi) is 3.08. The molecule has 5 rings (SSSR count). The lowest BCUT2D eigenvalue weighted by molar-refractivity contribution is 0.123. The smallest absolute Gasteiger partial charge is 0.146 e. The van der Waals surface area contributed by atoms with Gasteiger partial charge < -0.3 is 14.4 Å². The number of ether oxygens (including phenoxy) is 2. The molecular weight excluding hydrogens is 310 g/mol. The molecule has 4 heterocycles. The third kappa shape index (κ3) is 2.01. The molecular formula is C17H21N3O2S. The fourth-order valence-electron chi connectivity index (χ4n) is 3.78. The Balaban J connectivity index is 1.62. The molecule has 2 aromatic rings. The Bertz CT molecular complexity index is 752. The number of morpholine rings is 1. The molecule has 3 saturated heterocycles. The summed E-state index contributed by atoms with van der Waals surface area (Å²) in [6.07, 6.45) is 1.25. The van der Waals surface area contributed by atoms with Gasteiger partial charge >= 0.3 is 0 Å². The molecule has 0 N–H and O–H groups in total. The second-order valence-electron chi connectivity index (χ2n) is 6.52. The fourth-order valence-corrected chi connectivity index (χ4v) is 5.14. The van der Waals surface area contributed by atoms with Gasteiger partial charge in [-0.15, -0.1) is 11.3 Å². The maximum Gasteiger partial charge on any atom is 0.146 e. The summed E-state index contributed by atoms with van der Waals surface area (Å²) in [5.74, 6) is 0.921. The Morgan fingerprint density at radius 3 is 2.83 bits per heavy atom. The van der Waals surface area contributed by atoms with Gasteiger partial charge in [0.25, 0.3) is 0 Å². The Labute approximate surface area is 139 Å². The molecule has 3 fully saturated rings. The zero-order valence-electron chi connectivity index (χ0n) is 13.4. The van der Waals surface area contributed by atoms with Crippen LogP contribution in [0.15, 0.2) is 12.1 Å². The Hall–Kier alpha value is -1.37. The van der Waals surface area contributed by atoms with E-state index in [1.165, 1.54) is 34.9 Å². The van der Waals surface area contributed by atoms with Crippen LogP contribution in [0.5, 0.6) is 5.75 Å². The lowest BCUT2D eigenvalue weighted by Gasteiger charge is -2.29. The van der Waals surface area contributed by atoms with Crippen molar-refractivity contribution >= 4 is 27.2 Å². The monoisotopic (exact) mass is 331 g/mol. The van der Waals surface area contributed by atoms with Crippen LogP contribution in [-0.4, -0.2) is 55.9 Å². The van der Waals surface area contributed by atoms with Gasteiger partial charge in [0.1, 0.15) is 16.3 Å². The normalized spacial score (nSPS) is 29.3. The number of fused-ring (bicyclic) bond motifs is 2. The zero-order chi connectivity index (χ0) is 15.4. The molecule has 0 amide bonds. The van der Waals surface area contributed by atoms with Gasteiger partial charge in [-0.2, -0.15) is 0 Å². The molecule has 3 aliphatic heterocycles. The van der Waals surface area contributed by atoms with Crippen molar-refractivity contribution < 1.29 is 9.47 Å². The van der Waals surface area contributed by atoms with Gasteiger partial charge in [0.05, 0.1) is 35.7 Å². The number of hydrogen-bond donors (Lipinski definition) is 0. The van der Waals surface area contributed by atoms with Crippen LogP contribution in [0.3, 0.4) is 0 Å². The summed E-state index contributed by atoms with van der Waals surface area (Å²) in [6.45, 7) is 8.63. The fraction of sp³-hybridized carbons (Fsp3) is 0.588. The zero-order valence-corrected chi connectivity index (χ0v) is 14.2. The largest absolute Gasteiger partial charge is 0.492 e. The molecule has 122 valence electrons. The summed E-state index contributed by atoms with van der Waals surface area (Å²) in [7, 11) is 0. The van der Waals surface area contributed by atoms with Crippen LogP contribution in [0.1, 0.15) is 18.4 Å². The van der Waals surface area contributed by atoms with Gasteiger partial charge in [-0.25, -0.2) is 4.98 Å². The van der Waals surface area contributed by atoms with E-state index in [0.29, 0.717) is 6.61 Å². The molecule has 1 aromatic heterocycles. The van der Waals surface area contributed by atoms with Gasteiger partial charge in [0.2, 0.25) is 0 Å². The summed E-state index contributed by atoms with van der Waals surface area (Å²) in [5.41, 5.74) is 2.61. The predicted molar refractivity (Wildman–Crippen MR) is 91.7 cm³/mol. The molecule has 6 heteroatoms. The third-order valence-corrected chi connectivity index (χ3v) is 6.56. The highest BCUT2D eigenvalue weighted by atomic mass is 32.1. The number of anilines is 1. The van der Waals surface area contributed by atoms with Gasteiger partial charge in [0.15, 0.2) is 0 Å². The van der Waals surface area contributed by atoms with Gasteiger partial charge in [-0.1, -0.05) is 0 Å². The minimum absolute atomic E-state index is 0.273. The van der Waals surface area contributed by atoms with Crippen molar-refractivity contribution in [1.82, 2.24) is 9.88 Å². The van der Waals surface area contributed by atoms with Crippen LogP contribution >= 0.6 is 11.3 Å². The molecule has 2 unspecified atom stereocenters. The number of nitrogens with zero attached hydrogens (tertiary/aromatic N) is 3. The van der Waals surface area contributed by atoms with Crippen LogP contribution in [0.2, 0.25) is 0 Å². The number of benzene rings is 1. The molecule has 5 nitrogen and oxygen atoms in total. The lowest BCUT2D eigenvalue weighted by Crippen LogP contribution is -2.36. The number of aromatic nitrogens is 1. The highest BCUT2D eigenvalue weighted by Gasteiger charge is 2.62. The predicted octanol–water partition coefficient (Wildman–Crippen LogP) is 2.45. The number of thiazole rings is 1. The van der Waals surface area contributed by atoms with Crippen LogP contribution < -0.4 is 9.64 Å². The number of hydrogen-bond acceptors (Lipinski definition) is 6. The summed E-state index contributed by atoms with van der Waals surface area (Å²) < 4.78 is 12.6. The highest BCUT2D eigenvalue weighted by Crippen LogP contribution is 2.56. The van der Waals surface area contributed by atoms with Crippen LogP contribution in [0.4, 0.5) is 5.69 Å². The van der Waals surface area contributed by atoms with Crippen molar-refractivity contribution in [2.24, 2.45) is 0 Å². The first-order chi connectivity index (χ1) is 11.3. The van der Waals surface area contributed by atoms with E-state index in [1.807, 2.05) is 18.3 Å². The van der Waals surface area contributed by atoms with Crippen molar-refractivity contribution in [2.45, 2.75) is 18.9 Å². The second kappa shape index (κ2) is 5.06. The van der Waals surface area contributed by atoms with E-state index in [9.17, 15) is 0 Å². The van der Waals surface area contributed by atoms with Gasteiger partial charge in [-0.3, -0.25) is 4.90 Å². The molecule has 0 radical (unpaired) electrons. The molecule has 2 atom stereocenters. The average molecular weight is 331 g/mol. The van der Waals surface area contributed by atoms with E-state index in [1.54, 1.807) is 0 Å². The van der Waals surface area contributed by atoms with E-state index in [2.05, 4.69) is 21.9 Å². The maximum absolute atomic E-state index is 5.84. The Morgan fingerprint density at radius 1 is 1.30 bits per heavy atom. The highest BCUT2D eigenvalue weighted by molar-refractivity contribution is 7.19. The number of rotatable bonds is 4. The molecule has 0 spiro atoms. The topological polar surface area (TPSA) is 37.6 Å². The van der Waals surface area contributed by atoms with Crippen molar-refractivity contribution in [1.29, 1.82) is 0 Å². The van der Waals surface area contributed by atoms with Crippen molar-refractivity contribution in [3.8, 4) is 5.75 Å². The van der Waals surface area contributed by atoms with Crippen molar-refractivity contribution in [2.75, 3.05) is 50.9 Å². The van der Waals surface area contributed by atoms with E-state index < -0.39 is 0 Å². The van der Waals surface area contributed by atoms with Crippen LogP contribution in [0, 0.1) is 0 Å². The summed E-state index contributed by atoms with van der Waals surface area (Å²) in [5, 5.41) is 1.28. The molecule has 23 heavy (non-hydrogen) atoms. The standard InChI is InChI=1S/C17H21N3O2S/c1-2-22-13-4-3-12(19-7-9-21-10-8-19)15-14(13)18-16(23-15)17-5-6-20(17)11-17/h3-4H,2,5-11H2,1H3. The summed E-state index contributed by atoms with van der Waals surface area (Å²) in [6, 6.07) is 4.28. The molecule has 3 aliphatic rings. The molecule has 0 saturated carbocycles. The lowest BCUT2D eigenvalue weighted by atomic mass is 10.0. The van der Waals surface area contributed by atoms with Crippen molar-refractivity contribution in [3.63, 3.8) is 0 Å². The minimum atomic E-state index is 0.273. The third-order valence-electron chi connectivity index (χ3n) is 5.29. The minimum Gasteiger partial charge on any atom is -0.492 e. The summed E-state index contributed by atoms with van der Waals surface area (Å²) in [4.78, 5) is 9.95. The molecule has 1 aromatic carbocycles. The Morgan fingerprint density at radius 2 is 2.17 bits per heavy atom. The SMILES string of the molecule is CCOc1ccc(N2CCOCC2)c2sc(C34CCN3C4)nc12. The van der Waals surface area contributed by atoms with E-state index >= 15 is 0 Å². The van der Waals surface area contributed by atoms with Gasteiger partial charge in [-0.05, 0) is 25.5 Å². The van der Waals surface area contributed by atoms with Crippen LogP contribution in [-0.2, 0) is 10.3 Å². The first kappa shape index (κ1) is 14.0. The maximum atomic E-state index is 5.84. The molecule has 0 bridgehead atoms. The van der Waals surface area contributed by atoms with E-state index in [-0.39, 0.29) is 5.54 Å². The summed E-state index contributed by atoms with van der Waals surface area (Å²) >= 11 is 1.87. The molecule has 0 aliphatic carbocycles. The van der Waals surface area contributed by atoms with Crippen LogP contribution in [0.25, 0.3) is 10.2 Å².